The summed E-state index contributed by atoms with van der Waals surface area (Å²) in [4.78, 5) is 20.4. The lowest BCUT2D eigenvalue weighted by Crippen LogP contribution is -2.18. The minimum atomic E-state index is -0.0782. The normalized spacial score (nSPS) is 11.9. The molecule has 8 nitrogen and oxygen atoms in total. The summed E-state index contributed by atoms with van der Waals surface area (Å²) in [5.41, 5.74) is 24.8. The molecule has 30 aromatic rings. The molecular weight excluding hydrogens is 1820 g/mol. The summed E-state index contributed by atoms with van der Waals surface area (Å²) in [6, 6.07) is 183. The number of hydrogen-bond acceptors (Lipinski definition) is 4. The number of imidazole rings is 4. The van der Waals surface area contributed by atoms with E-state index < -0.39 is 0 Å². The van der Waals surface area contributed by atoms with Crippen molar-refractivity contribution in [2.24, 2.45) is 0 Å². The van der Waals surface area contributed by atoms with Gasteiger partial charge in [0.05, 0.1) is 44.1 Å². The highest BCUT2D eigenvalue weighted by atomic mass is 15.1. The Labute approximate surface area is 869 Å². The van der Waals surface area contributed by atoms with Crippen molar-refractivity contribution in [3.8, 4) is 90.0 Å². The molecule has 0 fully saturated rings. The number of hydrogen-bond donors (Lipinski definition) is 0. The molecule has 26 aromatic carbocycles. The molecule has 0 N–H and O–H groups in total. The number of para-hydroxylation sites is 6. The second-order valence-electron chi connectivity index (χ2n) is 41.5. The molecule has 0 radical (unpaired) electrons. The predicted octanol–water partition coefficient (Wildman–Crippen LogP) is 38.0. The number of fused-ring (bicyclic) bond motifs is 19. The third-order valence-corrected chi connectivity index (χ3v) is 30.2. The lowest BCUT2D eigenvalue weighted by atomic mass is 9.87. The largest absolute Gasteiger partial charge is 0.296 e. The molecule has 0 aliphatic rings. The third-order valence-electron chi connectivity index (χ3n) is 30.2. The van der Waals surface area contributed by atoms with Gasteiger partial charge in [0, 0.05) is 44.7 Å². The van der Waals surface area contributed by atoms with Crippen LogP contribution in [-0.2, 0) is 10.8 Å². The number of benzene rings is 26. The summed E-state index contributed by atoms with van der Waals surface area (Å²) >= 11 is 0. The van der Waals surface area contributed by atoms with Crippen molar-refractivity contribution in [3.63, 3.8) is 0 Å². The van der Waals surface area contributed by atoms with E-state index in [4.69, 9.17) is 19.9 Å². The summed E-state index contributed by atoms with van der Waals surface area (Å²) in [5.74, 6) is 4.05. The van der Waals surface area contributed by atoms with Gasteiger partial charge in [-0.1, -0.05) is 436 Å². The van der Waals surface area contributed by atoms with Crippen LogP contribution in [0.15, 0.2) is 510 Å². The van der Waals surface area contributed by atoms with Crippen LogP contribution in [0.25, 0.3) is 263 Å². The van der Waals surface area contributed by atoms with Crippen LogP contribution >= 0.6 is 0 Å². The van der Waals surface area contributed by atoms with E-state index in [1.807, 2.05) is 18.2 Å². The van der Waals surface area contributed by atoms with Crippen molar-refractivity contribution in [2.45, 2.75) is 52.4 Å². The average molecular weight is 1920 g/mol. The Kier molecular flexibility index (Phi) is 21.9. The van der Waals surface area contributed by atoms with Crippen molar-refractivity contribution < 1.29 is 0 Å². The molecule has 0 unspecified atom stereocenters. The average Bonchev–Trinajstić information content (AvgIpc) is 0.997. The molecule has 0 saturated heterocycles. The van der Waals surface area contributed by atoms with Gasteiger partial charge in [0.25, 0.3) is 0 Å². The van der Waals surface area contributed by atoms with Crippen LogP contribution in [0.2, 0.25) is 0 Å². The Morgan fingerprint density at radius 2 is 0.473 bits per heavy atom. The van der Waals surface area contributed by atoms with Gasteiger partial charge in [0.15, 0.2) is 0 Å². The van der Waals surface area contributed by atoms with E-state index in [1.165, 1.54) is 174 Å². The molecule has 30 rings (SSSR count). The maximum Gasteiger partial charge on any atom is 0.145 e. The van der Waals surface area contributed by atoms with E-state index in [1.54, 1.807) is 0 Å². The van der Waals surface area contributed by atoms with Gasteiger partial charge in [0.1, 0.15) is 23.3 Å². The second-order valence-corrected chi connectivity index (χ2v) is 41.5. The fourth-order valence-electron chi connectivity index (χ4n) is 23.3. The van der Waals surface area contributed by atoms with E-state index in [9.17, 15) is 0 Å². The zero-order valence-corrected chi connectivity index (χ0v) is 84.1. The molecule has 4 aromatic heterocycles. The van der Waals surface area contributed by atoms with Crippen LogP contribution in [0.5, 0.6) is 0 Å². The third kappa shape index (κ3) is 15.6. The van der Waals surface area contributed by atoms with Crippen LogP contribution in [0, 0.1) is 0 Å². The zero-order chi connectivity index (χ0) is 100. The Hall–Kier alpha value is -19.0. The summed E-state index contributed by atoms with van der Waals surface area (Å²) < 4.78 is 9.15. The maximum absolute atomic E-state index is 5.20. The van der Waals surface area contributed by atoms with E-state index in [0.29, 0.717) is 0 Å². The number of nitrogens with zero attached hydrogens (tertiary/aromatic N) is 8. The van der Waals surface area contributed by atoms with Crippen molar-refractivity contribution in [1.29, 1.82) is 0 Å². The highest BCUT2D eigenvalue weighted by molar-refractivity contribution is 6.34. The summed E-state index contributed by atoms with van der Waals surface area (Å²) in [7, 11) is 0. The second kappa shape index (κ2) is 36.6. The Morgan fingerprint density at radius 3 is 0.980 bits per heavy atom. The highest BCUT2D eigenvalue weighted by Gasteiger charge is 2.29. The van der Waals surface area contributed by atoms with Gasteiger partial charge < -0.3 is 0 Å². The molecule has 710 valence electrons. The van der Waals surface area contributed by atoms with Gasteiger partial charge in [-0.05, 0) is 289 Å². The van der Waals surface area contributed by atoms with E-state index in [-0.39, 0.29) is 10.8 Å². The van der Waals surface area contributed by atoms with Gasteiger partial charge in [-0.3, -0.25) is 18.3 Å². The Bertz CT molecular complexity index is 10500. The summed E-state index contributed by atoms with van der Waals surface area (Å²) in [6.45, 7) is 13.4. The monoisotopic (exact) mass is 1920 g/mol. The maximum atomic E-state index is 5.20. The molecule has 0 bridgehead atoms. The van der Waals surface area contributed by atoms with Gasteiger partial charge in [-0.25, -0.2) is 19.9 Å². The molecule has 4 heterocycles. The predicted molar refractivity (Wildman–Crippen MR) is 636 cm³/mol. The standard InChI is InChI=1S/C37H28N2.C37H24N2.C35H28N2.C33H22N2/c1-37(2,3)36-38-32-15-4-5-16-33(32)39(36)25-19-17-23(18-20-25)26-21-22-31-29-12-7-10-24-9-6-11-28(34(24)29)30-14-8-13-27(26)35(30)31;1-3-12-26(13-4-1)37-38-35-23-27(20-22-36(35)39(37)28-14-5-2-6-15-28)33-24-34-29-16-8-7-11-25(29)19-21-32(34)30-17-9-10-18-31(30)33;1-35(2,3)34-36-31-14-8-9-15-32(31)37(34)26-19-16-24(17-20-26)30-22-25-11-5-6-12-27(25)29-21-18-23-10-4-7-13-28(23)33(29)30;1-3-11-23(12-4-1)33-34-31-22-25(19-20-32(31)35(33)26-14-5-2-6-15-26)30-21-24-13-7-8-16-27(24)28-17-9-10-18-29(28)30/h4-22H,1-3H3;1-24H;4-22H,1-3H3;1-22H. The topological polar surface area (TPSA) is 71.3 Å². The number of aromatic nitrogens is 8. The van der Waals surface area contributed by atoms with Crippen molar-refractivity contribution in [3.05, 3.63) is 521 Å². The first kappa shape index (κ1) is 89.8. The lowest BCUT2D eigenvalue weighted by molar-refractivity contribution is 0.539. The molecule has 0 saturated carbocycles. The van der Waals surface area contributed by atoms with Gasteiger partial charge in [0.2, 0.25) is 0 Å². The van der Waals surface area contributed by atoms with Crippen LogP contribution in [-0.4, -0.2) is 38.2 Å². The zero-order valence-electron chi connectivity index (χ0n) is 84.1. The van der Waals surface area contributed by atoms with E-state index >= 15 is 0 Å². The minimum Gasteiger partial charge on any atom is -0.296 e. The van der Waals surface area contributed by atoms with Crippen molar-refractivity contribution >= 4 is 173 Å². The van der Waals surface area contributed by atoms with Crippen molar-refractivity contribution in [2.75, 3.05) is 0 Å². The first-order valence-electron chi connectivity index (χ1n) is 51.8. The molecule has 0 aliphatic heterocycles. The summed E-state index contributed by atoms with van der Waals surface area (Å²) in [5, 5.41) is 31.1. The quantitative estimate of drug-likeness (QED) is 0.101. The molecule has 0 amide bonds. The number of rotatable bonds is 10. The Balaban J connectivity index is 0.0000000984. The first-order chi connectivity index (χ1) is 73.7. The Morgan fingerprint density at radius 1 is 0.153 bits per heavy atom. The molecule has 0 atom stereocenters. The van der Waals surface area contributed by atoms with Gasteiger partial charge >= 0.3 is 0 Å². The lowest BCUT2D eigenvalue weighted by Gasteiger charge is -2.20. The highest BCUT2D eigenvalue weighted by Crippen LogP contribution is 2.48. The van der Waals surface area contributed by atoms with E-state index in [2.05, 4.69) is 551 Å². The summed E-state index contributed by atoms with van der Waals surface area (Å²) in [6.07, 6.45) is 0. The van der Waals surface area contributed by atoms with Gasteiger partial charge in [-0.2, -0.15) is 0 Å². The molecule has 0 aliphatic carbocycles. The fraction of sp³-hybridized carbons (Fsp3) is 0.0563. The van der Waals surface area contributed by atoms with Crippen LogP contribution in [0.1, 0.15) is 53.2 Å². The van der Waals surface area contributed by atoms with E-state index in [0.717, 1.165) is 101 Å². The van der Waals surface area contributed by atoms with Crippen LogP contribution < -0.4 is 0 Å². The molecular formula is C142H102N8. The van der Waals surface area contributed by atoms with Crippen LogP contribution in [0.4, 0.5) is 0 Å². The fourth-order valence-corrected chi connectivity index (χ4v) is 23.3. The van der Waals surface area contributed by atoms with Gasteiger partial charge in [-0.15, -0.1) is 0 Å². The minimum absolute atomic E-state index is 0.0764. The van der Waals surface area contributed by atoms with Crippen LogP contribution in [0.3, 0.4) is 0 Å². The molecule has 8 heteroatoms. The molecule has 0 spiro atoms. The smallest absolute Gasteiger partial charge is 0.145 e. The SMILES string of the molecule is CC(C)(C)c1nc2ccccc2n1-c1ccc(-c2cc3ccccc3c3ccc4ccccc4c23)cc1.CC(C)(C)c1nc2ccccc2n1-c1ccc(-c2ccc3c4cccc5cccc(c6cccc2c63)c54)cc1.c1ccc(-c2nc3cc(-c4cc5c6ccccc6ccc5c5ccccc45)ccc3n2-c2ccccc2)cc1.c1ccc(-c2nc3cc(-c4cc5ccccc5c5ccccc45)ccc3n2-c2ccccc2)cc1. The molecule has 150 heavy (non-hydrogen) atoms. The first-order valence-corrected chi connectivity index (χ1v) is 51.8. The van der Waals surface area contributed by atoms with Crippen molar-refractivity contribution in [1.82, 2.24) is 38.2 Å².